The van der Waals surface area contributed by atoms with Crippen molar-refractivity contribution in [1.82, 2.24) is 9.80 Å². The van der Waals surface area contributed by atoms with E-state index in [4.69, 9.17) is 5.11 Å². The molecule has 0 aliphatic carbocycles. The molecule has 0 aromatic heterocycles. The second-order valence-electron chi connectivity index (χ2n) is 4.71. The molecule has 0 bridgehead atoms. The fourth-order valence-electron chi connectivity index (χ4n) is 2.15. The number of amides is 2. The number of hydrogen-bond donors (Lipinski definition) is 1. The summed E-state index contributed by atoms with van der Waals surface area (Å²) in [6.07, 6.45) is 1.54. The van der Waals surface area contributed by atoms with Gasteiger partial charge in [0.05, 0.1) is 12.3 Å². The molecule has 0 spiro atoms. The highest BCUT2D eigenvalue weighted by Crippen LogP contribution is 2.18. The normalized spacial score (nSPS) is 19.4. The zero-order valence-corrected chi connectivity index (χ0v) is 10.9. The predicted molar refractivity (Wildman–Crippen MR) is 64.9 cm³/mol. The summed E-state index contributed by atoms with van der Waals surface area (Å²) in [5, 5.41) is 8.58. The Morgan fingerprint density at radius 2 is 2.06 bits per heavy atom. The van der Waals surface area contributed by atoms with Crippen molar-refractivity contribution < 1.29 is 19.5 Å². The number of carbonyl (C=O) groups is 3. The highest BCUT2D eigenvalue weighted by molar-refractivity contribution is 5.81. The first-order chi connectivity index (χ1) is 8.41. The van der Waals surface area contributed by atoms with E-state index in [1.807, 2.05) is 0 Å². The molecule has 1 unspecified atom stereocenters. The smallest absolute Gasteiger partial charge is 0.305 e. The van der Waals surface area contributed by atoms with Gasteiger partial charge in [0.2, 0.25) is 11.8 Å². The SMILES string of the molecule is CC(=O)N1CCCC(C(=O)N(C)CCC(=O)O)C1. The van der Waals surface area contributed by atoms with Crippen LogP contribution in [0, 0.1) is 5.92 Å². The van der Waals surface area contributed by atoms with Crippen LogP contribution in [0.1, 0.15) is 26.2 Å². The van der Waals surface area contributed by atoms with Crippen LogP contribution in [0.15, 0.2) is 0 Å². The van der Waals surface area contributed by atoms with Crippen LogP contribution in [0.3, 0.4) is 0 Å². The van der Waals surface area contributed by atoms with Crippen LogP contribution in [0.2, 0.25) is 0 Å². The maximum atomic E-state index is 12.1. The van der Waals surface area contributed by atoms with Crippen molar-refractivity contribution in [3.05, 3.63) is 0 Å². The van der Waals surface area contributed by atoms with Crippen molar-refractivity contribution in [2.45, 2.75) is 26.2 Å². The Morgan fingerprint density at radius 3 is 2.61 bits per heavy atom. The van der Waals surface area contributed by atoms with Crippen molar-refractivity contribution >= 4 is 17.8 Å². The lowest BCUT2D eigenvalue weighted by molar-refractivity contribution is -0.140. The van der Waals surface area contributed by atoms with Crippen LogP contribution in [0.25, 0.3) is 0 Å². The summed E-state index contributed by atoms with van der Waals surface area (Å²) in [5.74, 6) is -1.19. The first kappa shape index (κ1) is 14.5. The lowest BCUT2D eigenvalue weighted by Gasteiger charge is -2.33. The summed E-state index contributed by atoms with van der Waals surface area (Å²) in [6, 6.07) is 0. The quantitative estimate of drug-likeness (QED) is 0.778. The summed E-state index contributed by atoms with van der Waals surface area (Å²) >= 11 is 0. The maximum absolute atomic E-state index is 12.1. The summed E-state index contributed by atoms with van der Waals surface area (Å²) in [7, 11) is 1.61. The molecule has 1 aliphatic heterocycles. The monoisotopic (exact) mass is 256 g/mol. The molecule has 2 amide bonds. The van der Waals surface area contributed by atoms with Gasteiger partial charge in [-0.1, -0.05) is 0 Å². The molecule has 102 valence electrons. The molecule has 1 N–H and O–H groups in total. The highest BCUT2D eigenvalue weighted by atomic mass is 16.4. The number of aliphatic carboxylic acids is 1. The number of carboxylic acid groups (broad SMARTS) is 1. The van der Waals surface area contributed by atoms with Gasteiger partial charge < -0.3 is 14.9 Å². The molecule has 1 aliphatic rings. The van der Waals surface area contributed by atoms with Crippen LogP contribution in [0.4, 0.5) is 0 Å². The number of piperidine rings is 1. The van der Waals surface area contributed by atoms with Gasteiger partial charge in [-0.3, -0.25) is 14.4 Å². The Kier molecular flexibility index (Phi) is 5.12. The summed E-state index contributed by atoms with van der Waals surface area (Å²) in [4.78, 5) is 36.9. The minimum atomic E-state index is -0.913. The van der Waals surface area contributed by atoms with Gasteiger partial charge in [0.25, 0.3) is 0 Å². The van der Waals surface area contributed by atoms with Crippen LogP contribution < -0.4 is 0 Å². The molecule has 18 heavy (non-hydrogen) atoms. The van der Waals surface area contributed by atoms with E-state index in [0.717, 1.165) is 12.8 Å². The summed E-state index contributed by atoms with van der Waals surface area (Å²) in [6.45, 7) is 2.87. The van der Waals surface area contributed by atoms with E-state index in [-0.39, 0.29) is 30.7 Å². The molecular weight excluding hydrogens is 236 g/mol. The molecule has 0 aromatic carbocycles. The maximum Gasteiger partial charge on any atom is 0.305 e. The minimum absolute atomic E-state index is 0.0133. The van der Waals surface area contributed by atoms with E-state index in [0.29, 0.717) is 13.1 Å². The second kappa shape index (κ2) is 6.37. The lowest BCUT2D eigenvalue weighted by atomic mass is 9.96. The van der Waals surface area contributed by atoms with E-state index in [9.17, 15) is 14.4 Å². The highest BCUT2D eigenvalue weighted by Gasteiger charge is 2.28. The van der Waals surface area contributed by atoms with Crippen LogP contribution in [-0.4, -0.2) is 59.4 Å². The second-order valence-corrected chi connectivity index (χ2v) is 4.71. The Bertz CT molecular complexity index is 343. The average molecular weight is 256 g/mol. The van der Waals surface area contributed by atoms with Gasteiger partial charge in [-0.05, 0) is 12.8 Å². The first-order valence-corrected chi connectivity index (χ1v) is 6.14. The average Bonchev–Trinajstić information content (AvgIpc) is 2.35. The van der Waals surface area contributed by atoms with Crippen LogP contribution in [0.5, 0.6) is 0 Å². The molecule has 1 atom stereocenters. The number of carboxylic acids is 1. The van der Waals surface area contributed by atoms with Crippen molar-refractivity contribution in [3.63, 3.8) is 0 Å². The van der Waals surface area contributed by atoms with Crippen molar-refractivity contribution in [3.8, 4) is 0 Å². The van der Waals surface area contributed by atoms with Crippen molar-refractivity contribution in [2.75, 3.05) is 26.7 Å². The Morgan fingerprint density at radius 1 is 1.39 bits per heavy atom. The fraction of sp³-hybridized carbons (Fsp3) is 0.750. The van der Waals surface area contributed by atoms with Crippen LogP contribution >= 0.6 is 0 Å². The molecule has 1 heterocycles. The molecule has 1 rings (SSSR count). The molecule has 6 nitrogen and oxygen atoms in total. The third-order valence-corrected chi connectivity index (χ3v) is 3.25. The van der Waals surface area contributed by atoms with Gasteiger partial charge in [-0.2, -0.15) is 0 Å². The largest absolute Gasteiger partial charge is 0.481 e. The van der Waals surface area contributed by atoms with E-state index in [2.05, 4.69) is 0 Å². The molecule has 0 aromatic rings. The van der Waals surface area contributed by atoms with Gasteiger partial charge >= 0.3 is 5.97 Å². The topological polar surface area (TPSA) is 77.9 Å². The Balaban J connectivity index is 2.49. The zero-order chi connectivity index (χ0) is 13.7. The number of carbonyl (C=O) groups excluding carboxylic acids is 2. The van der Waals surface area contributed by atoms with E-state index in [1.165, 1.54) is 11.8 Å². The molecule has 1 saturated heterocycles. The van der Waals surface area contributed by atoms with E-state index < -0.39 is 5.97 Å². The number of hydrogen-bond acceptors (Lipinski definition) is 3. The van der Waals surface area contributed by atoms with Crippen molar-refractivity contribution in [2.24, 2.45) is 5.92 Å². The molecule has 6 heteroatoms. The molecule has 1 fully saturated rings. The number of likely N-dealkylation sites (tertiary alicyclic amines) is 1. The molecule has 0 radical (unpaired) electrons. The minimum Gasteiger partial charge on any atom is -0.481 e. The number of rotatable bonds is 4. The first-order valence-electron chi connectivity index (χ1n) is 6.14. The third-order valence-electron chi connectivity index (χ3n) is 3.25. The van der Waals surface area contributed by atoms with Crippen molar-refractivity contribution in [1.29, 1.82) is 0 Å². The standard InChI is InChI=1S/C12H20N2O4/c1-9(15)14-6-3-4-10(8-14)12(18)13(2)7-5-11(16)17/h10H,3-8H2,1-2H3,(H,16,17). The van der Waals surface area contributed by atoms with Gasteiger partial charge in [-0.15, -0.1) is 0 Å². The van der Waals surface area contributed by atoms with Gasteiger partial charge in [0.15, 0.2) is 0 Å². The Labute approximate surface area is 107 Å². The van der Waals surface area contributed by atoms with E-state index >= 15 is 0 Å². The molecule has 0 saturated carbocycles. The van der Waals surface area contributed by atoms with E-state index in [1.54, 1.807) is 11.9 Å². The van der Waals surface area contributed by atoms with Gasteiger partial charge in [-0.25, -0.2) is 0 Å². The number of nitrogens with zero attached hydrogens (tertiary/aromatic N) is 2. The predicted octanol–water partition coefficient (Wildman–Crippen LogP) is 0.178. The van der Waals surface area contributed by atoms with Gasteiger partial charge in [0.1, 0.15) is 0 Å². The Hall–Kier alpha value is -1.59. The third kappa shape index (κ3) is 4.01. The molecular formula is C12H20N2O4. The summed E-state index contributed by atoms with van der Waals surface area (Å²) < 4.78 is 0. The van der Waals surface area contributed by atoms with Crippen LogP contribution in [-0.2, 0) is 14.4 Å². The summed E-state index contributed by atoms with van der Waals surface area (Å²) in [5.41, 5.74) is 0. The van der Waals surface area contributed by atoms with Gasteiger partial charge in [0, 0.05) is 33.6 Å². The zero-order valence-electron chi connectivity index (χ0n) is 10.9. The fourth-order valence-corrected chi connectivity index (χ4v) is 2.15. The lowest BCUT2D eigenvalue weighted by Crippen LogP contribution is -2.45.